The topological polar surface area (TPSA) is 89.9 Å². The van der Waals surface area contributed by atoms with Gasteiger partial charge >= 0.3 is 0 Å². The number of carbonyl (C=O) groups excluding carboxylic acids is 3. The van der Waals surface area contributed by atoms with Gasteiger partial charge in [-0.05, 0) is 44.9 Å². The minimum Gasteiger partial charge on any atom is -0.507 e. The second-order valence-electron chi connectivity index (χ2n) is 8.96. The molecule has 4 bridgehead atoms. The van der Waals surface area contributed by atoms with Gasteiger partial charge in [0.15, 0.2) is 22.8 Å². The number of phenols is 1. The predicted octanol–water partition coefficient (Wildman–Crippen LogP) is 2.93. The van der Waals surface area contributed by atoms with Crippen LogP contribution in [0.2, 0.25) is 0 Å². The lowest BCUT2D eigenvalue weighted by Crippen LogP contribution is -2.72. The van der Waals surface area contributed by atoms with Crippen molar-refractivity contribution < 1.29 is 29.0 Å². The number of ketones is 2. The van der Waals surface area contributed by atoms with E-state index in [0.29, 0.717) is 17.6 Å². The van der Waals surface area contributed by atoms with E-state index >= 15 is 0 Å². The molecule has 1 aromatic rings. The van der Waals surface area contributed by atoms with Crippen molar-refractivity contribution in [2.75, 3.05) is 0 Å². The van der Waals surface area contributed by atoms with Gasteiger partial charge in [-0.2, -0.15) is 0 Å². The van der Waals surface area contributed by atoms with Gasteiger partial charge in [-0.1, -0.05) is 18.2 Å². The standard InChI is InChI=1S/C23H22O6/c1-12(11-24)7-8-22-20(27)13-9-14-19(26)18-15(25)5-4-6-16(18)28-23(14,22)17(10-13)21(2,3)29-22/h4-7,9,11,13,17,25H,8,10H2,1-3H3/b12-7-/t13-,17+,22+,23-/m1/s1. The van der Waals surface area contributed by atoms with Gasteiger partial charge in [0, 0.05) is 23.8 Å². The predicted molar refractivity (Wildman–Crippen MR) is 103 cm³/mol. The van der Waals surface area contributed by atoms with E-state index in [1.54, 1.807) is 31.2 Å². The van der Waals surface area contributed by atoms with Crippen molar-refractivity contribution in [3.8, 4) is 11.5 Å². The number of carbonyl (C=O) groups is 3. The number of fused-ring (bicyclic) bond motifs is 1. The average Bonchev–Trinajstić information content (AvgIpc) is 2.83. The molecule has 6 rings (SSSR count). The van der Waals surface area contributed by atoms with Crippen LogP contribution in [0.15, 0.2) is 41.5 Å². The fourth-order valence-corrected chi connectivity index (χ4v) is 5.82. The third-order valence-electron chi connectivity index (χ3n) is 7.00. The first kappa shape index (κ1) is 18.3. The third-order valence-corrected chi connectivity index (χ3v) is 7.00. The molecule has 4 atom stereocenters. The van der Waals surface area contributed by atoms with E-state index in [0.717, 1.165) is 6.29 Å². The Morgan fingerprint density at radius 3 is 2.79 bits per heavy atom. The van der Waals surface area contributed by atoms with Crippen molar-refractivity contribution >= 4 is 17.9 Å². The van der Waals surface area contributed by atoms with Crippen LogP contribution in [0.3, 0.4) is 0 Å². The summed E-state index contributed by atoms with van der Waals surface area (Å²) in [5.74, 6) is -1.00. The normalized spacial score (nSPS) is 36.2. The van der Waals surface area contributed by atoms with Crippen molar-refractivity contribution in [1.82, 2.24) is 0 Å². The Hall–Kier alpha value is -2.73. The van der Waals surface area contributed by atoms with Crippen LogP contribution in [0.1, 0.15) is 44.0 Å². The monoisotopic (exact) mass is 394 g/mol. The fraction of sp³-hybridized carbons (Fsp3) is 0.435. The molecule has 1 spiro atoms. The molecule has 1 aromatic carbocycles. The van der Waals surface area contributed by atoms with Gasteiger partial charge in [0.1, 0.15) is 23.3 Å². The van der Waals surface area contributed by atoms with Crippen LogP contribution in [0.25, 0.3) is 0 Å². The fourth-order valence-electron chi connectivity index (χ4n) is 5.82. The summed E-state index contributed by atoms with van der Waals surface area (Å²) in [7, 11) is 0. The molecule has 1 saturated carbocycles. The number of rotatable bonds is 3. The smallest absolute Gasteiger partial charge is 0.200 e. The lowest BCUT2D eigenvalue weighted by atomic mass is 9.51. The van der Waals surface area contributed by atoms with Crippen LogP contribution in [-0.2, 0) is 14.3 Å². The minimum atomic E-state index is -1.39. The van der Waals surface area contributed by atoms with E-state index in [2.05, 4.69) is 0 Å². The Labute approximate surface area is 168 Å². The molecule has 1 N–H and O–H groups in total. The molecule has 6 nitrogen and oxygen atoms in total. The van der Waals surface area contributed by atoms with Crippen LogP contribution >= 0.6 is 0 Å². The van der Waals surface area contributed by atoms with E-state index in [4.69, 9.17) is 9.47 Å². The van der Waals surface area contributed by atoms with E-state index in [1.165, 1.54) is 6.07 Å². The number of phenolic OH excluding ortho intramolecular Hbond substituents is 1. The van der Waals surface area contributed by atoms with Gasteiger partial charge in [0.25, 0.3) is 0 Å². The summed E-state index contributed by atoms with van der Waals surface area (Å²) in [5, 5.41) is 10.3. The van der Waals surface area contributed by atoms with Crippen molar-refractivity contribution in [3.05, 3.63) is 47.1 Å². The molecule has 6 heteroatoms. The van der Waals surface area contributed by atoms with Gasteiger partial charge in [-0.3, -0.25) is 14.4 Å². The quantitative estimate of drug-likeness (QED) is 0.626. The molecule has 150 valence electrons. The van der Waals surface area contributed by atoms with E-state index in [-0.39, 0.29) is 41.0 Å². The number of benzene rings is 1. The molecule has 0 unspecified atom stereocenters. The van der Waals surface area contributed by atoms with Gasteiger partial charge in [0.05, 0.1) is 5.60 Å². The molecule has 29 heavy (non-hydrogen) atoms. The molecule has 2 fully saturated rings. The van der Waals surface area contributed by atoms with Crippen LogP contribution in [0.4, 0.5) is 0 Å². The van der Waals surface area contributed by atoms with Gasteiger partial charge in [-0.25, -0.2) is 0 Å². The van der Waals surface area contributed by atoms with Gasteiger partial charge in [0.2, 0.25) is 0 Å². The lowest BCUT2D eigenvalue weighted by Gasteiger charge is -2.56. The number of hydrogen-bond donors (Lipinski definition) is 1. The first-order valence-corrected chi connectivity index (χ1v) is 9.82. The second-order valence-corrected chi connectivity index (χ2v) is 8.96. The summed E-state index contributed by atoms with van der Waals surface area (Å²) < 4.78 is 13.0. The molecule has 0 aromatic heterocycles. The van der Waals surface area contributed by atoms with Crippen LogP contribution in [0.5, 0.6) is 11.5 Å². The van der Waals surface area contributed by atoms with Crippen LogP contribution in [0, 0.1) is 11.8 Å². The zero-order valence-electron chi connectivity index (χ0n) is 16.5. The average molecular weight is 394 g/mol. The molecule has 1 saturated heterocycles. The minimum absolute atomic E-state index is 0.116. The van der Waals surface area contributed by atoms with E-state index < -0.39 is 22.7 Å². The van der Waals surface area contributed by atoms with Gasteiger partial charge < -0.3 is 14.6 Å². The van der Waals surface area contributed by atoms with Crippen molar-refractivity contribution in [2.24, 2.45) is 11.8 Å². The van der Waals surface area contributed by atoms with Crippen molar-refractivity contribution in [1.29, 1.82) is 0 Å². The zero-order valence-corrected chi connectivity index (χ0v) is 16.5. The summed E-state index contributed by atoms with van der Waals surface area (Å²) in [6.45, 7) is 5.51. The molecular formula is C23H22O6. The summed E-state index contributed by atoms with van der Waals surface area (Å²) in [5.41, 5.74) is -2.38. The highest BCUT2D eigenvalue weighted by Crippen LogP contribution is 2.67. The molecule has 0 radical (unpaired) electrons. The lowest BCUT2D eigenvalue weighted by molar-refractivity contribution is -0.171. The highest BCUT2D eigenvalue weighted by atomic mass is 16.6. The molecular weight excluding hydrogens is 372 g/mol. The molecule has 3 aliphatic carbocycles. The first-order chi connectivity index (χ1) is 13.7. The largest absolute Gasteiger partial charge is 0.507 e. The Kier molecular flexibility index (Phi) is 3.44. The maximum Gasteiger partial charge on any atom is 0.200 e. The number of allylic oxidation sites excluding steroid dienone is 2. The van der Waals surface area contributed by atoms with E-state index in [1.807, 2.05) is 13.8 Å². The zero-order chi connectivity index (χ0) is 20.8. The SMILES string of the molecule is C/C(C=O)=C/C[C@@]12OC(C)(C)[C@@H]3C[C@@H](C=C4C(=O)c5c(O)cccc5O[C@]431)C2=O. The summed E-state index contributed by atoms with van der Waals surface area (Å²) >= 11 is 0. The van der Waals surface area contributed by atoms with Crippen LogP contribution < -0.4 is 4.74 Å². The number of aromatic hydroxyl groups is 1. The summed E-state index contributed by atoms with van der Waals surface area (Å²) in [6, 6.07) is 4.70. The Bertz CT molecular complexity index is 1050. The summed E-state index contributed by atoms with van der Waals surface area (Å²) in [6.07, 6.45) is 4.80. The maximum atomic E-state index is 13.6. The van der Waals surface area contributed by atoms with Crippen LogP contribution in [-0.4, -0.2) is 39.8 Å². The van der Waals surface area contributed by atoms with Gasteiger partial charge in [-0.15, -0.1) is 0 Å². The Morgan fingerprint density at radius 1 is 1.31 bits per heavy atom. The Balaban J connectivity index is 1.80. The number of hydrogen-bond acceptors (Lipinski definition) is 6. The highest BCUT2D eigenvalue weighted by Gasteiger charge is 2.81. The number of aldehydes is 1. The number of Topliss-reactive ketones (excluding diaryl/α,β-unsaturated/α-hetero) is 2. The maximum absolute atomic E-state index is 13.6. The highest BCUT2D eigenvalue weighted by molar-refractivity contribution is 6.18. The molecule has 2 aliphatic heterocycles. The van der Waals surface area contributed by atoms with E-state index in [9.17, 15) is 19.5 Å². The summed E-state index contributed by atoms with van der Waals surface area (Å²) in [4.78, 5) is 38.2. The second kappa shape index (κ2) is 5.45. The third kappa shape index (κ3) is 1.97. The number of ether oxygens (including phenoxy) is 2. The molecule has 0 amide bonds. The Morgan fingerprint density at radius 2 is 2.07 bits per heavy atom. The molecule has 5 aliphatic rings. The van der Waals surface area contributed by atoms with Crippen molar-refractivity contribution in [3.63, 3.8) is 0 Å². The molecule has 2 heterocycles. The van der Waals surface area contributed by atoms with Crippen molar-refractivity contribution in [2.45, 2.75) is 50.4 Å². The first-order valence-electron chi connectivity index (χ1n) is 9.82.